The van der Waals surface area contributed by atoms with Gasteiger partial charge in [-0.2, -0.15) is 4.98 Å². The highest BCUT2D eigenvalue weighted by atomic mass is 32.5. The van der Waals surface area contributed by atoms with Crippen LogP contribution in [0.1, 0.15) is 43.2 Å². The van der Waals surface area contributed by atoms with Crippen molar-refractivity contribution in [3.8, 4) is 11.5 Å². The first-order valence-electron chi connectivity index (χ1n) is 17.5. The monoisotopic (exact) mass is 891 g/mol. The standard InChI is InChI=1S/C35H40N5O15P3S/c1-21(2)32(41)38-34-37-31-30(33(42)39-34)36-20-40(31)29-18-27(53-58(48,59)55-57(46,47)54-56(43,44)45)28(52-29)19-51-35(22-8-6-5-7-9-22,23-10-14-25(49-3)15-11-23)24-12-16-26(50-4)17-13-24/h5-17,20-21,27-29H,18-19H2,1-4H3,(H,46,47)(H,48,59)(H2,43,44,45)(H2,37,38,39,41,42)/p-4/t27-,28+,29+,58?/m0/s1. The van der Waals surface area contributed by atoms with E-state index in [1.165, 1.54) is 25.1 Å². The second-order valence-electron chi connectivity index (χ2n) is 13.2. The Morgan fingerprint density at radius 3 is 2.07 bits per heavy atom. The summed E-state index contributed by atoms with van der Waals surface area (Å²) in [6.07, 6.45) is -3.01. The molecule has 2 unspecified atom stereocenters. The summed E-state index contributed by atoms with van der Waals surface area (Å²) in [4.78, 5) is 84.2. The van der Waals surface area contributed by atoms with Gasteiger partial charge in [0.05, 0.1) is 41.1 Å². The van der Waals surface area contributed by atoms with E-state index in [0.717, 1.165) is 0 Å². The predicted molar refractivity (Wildman–Crippen MR) is 205 cm³/mol. The van der Waals surface area contributed by atoms with Gasteiger partial charge < -0.3 is 47.6 Å². The topological polar surface area (TPSA) is 284 Å². The maximum absolute atomic E-state index is 13.4. The lowest BCUT2D eigenvalue weighted by Crippen LogP contribution is -2.38. The smallest absolute Gasteiger partial charge is 0.280 e. The summed E-state index contributed by atoms with van der Waals surface area (Å²) in [5.41, 5.74) is -0.451. The quantitative estimate of drug-likeness (QED) is 0.100. The van der Waals surface area contributed by atoms with Crippen LogP contribution in [-0.4, -0.2) is 58.5 Å². The number of H-pyrrole nitrogens is 1. The van der Waals surface area contributed by atoms with Gasteiger partial charge in [-0.05, 0) is 41.0 Å². The second-order valence-corrected chi connectivity index (χ2v) is 18.8. The predicted octanol–water partition coefficient (Wildman–Crippen LogP) is 2.33. The lowest BCUT2D eigenvalue weighted by Gasteiger charge is -2.40. The van der Waals surface area contributed by atoms with E-state index in [1.807, 2.05) is 30.3 Å². The van der Waals surface area contributed by atoms with E-state index in [1.54, 1.807) is 62.4 Å². The Hall–Kier alpha value is -4.17. The zero-order chi connectivity index (χ0) is 42.8. The van der Waals surface area contributed by atoms with Crippen molar-refractivity contribution in [2.45, 2.75) is 44.3 Å². The van der Waals surface area contributed by atoms with E-state index in [-0.39, 0.29) is 23.5 Å². The highest BCUT2D eigenvalue weighted by Gasteiger charge is 2.44. The largest absolute Gasteiger partial charge is 0.790 e. The molecule has 1 aliphatic rings. The molecule has 2 aromatic heterocycles. The first kappa shape index (κ1) is 44.4. The molecule has 3 heterocycles. The molecule has 3 aromatic carbocycles. The van der Waals surface area contributed by atoms with Gasteiger partial charge in [-0.1, -0.05) is 80.3 Å². The highest BCUT2D eigenvalue weighted by molar-refractivity contribution is 8.07. The van der Waals surface area contributed by atoms with Crippen LogP contribution in [0, 0.1) is 5.92 Å². The first-order chi connectivity index (χ1) is 27.8. The lowest BCUT2D eigenvalue weighted by atomic mass is 9.80. The minimum absolute atomic E-state index is 0.0508. The molecule has 0 saturated carbocycles. The van der Waals surface area contributed by atoms with Crippen LogP contribution in [0.2, 0.25) is 0 Å². The summed E-state index contributed by atoms with van der Waals surface area (Å²) >= 11 is 4.84. The number of phosphoric acid groups is 2. The number of anilines is 1. The molecule has 2 N–H and O–H groups in total. The summed E-state index contributed by atoms with van der Waals surface area (Å²) in [5, 5.41) is 2.52. The Balaban J connectivity index is 1.43. The molecular formula is C35H36N5O15P3S-4. The molecule has 5 aromatic rings. The average molecular weight is 892 g/mol. The normalized spacial score (nSPS) is 19.3. The van der Waals surface area contributed by atoms with E-state index in [2.05, 4.69) is 28.9 Å². The minimum Gasteiger partial charge on any atom is -0.790 e. The van der Waals surface area contributed by atoms with Crippen molar-refractivity contribution < 1.29 is 65.6 Å². The number of methoxy groups -OCH3 is 2. The average Bonchev–Trinajstić information content (AvgIpc) is 3.78. The van der Waals surface area contributed by atoms with Crippen molar-refractivity contribution in [3.63, 3.8) is 0 Å². The molecule has 24 heteroatoms. The number of aromatic nitrogens is 4. The Labute approximate surface area is 341 Å². The fourth-order valence-corrected chi connectivity index (χ4v) is 10.4. The van der Waals surface area contributed by atoms with E-state index >= 15 is 0 Å². The van der Waals surface area contributed by atoms with Crippen molar-refractivity contribution in [2.75, 3.05) is 26.1 Å². The fourth-order valence-electron chi connectivity index (χ4n) is 6.32. The van der Waals surface area contributed by atoms with Gasteiger partial charge in [-0.25, -0.2) is 4.98 Å². The second kappa shape index (κ2) is 17.8. The molecule has 0 spiro atoms. The molecule has 20 nitrogen and oxygen atoms in total. The van der Waals surface area contributed by atoms with Gasteiger partial charge in [0.2, 0.25) is 11.9 Å². The third-order valence-electron chi connectivity index (χ3n) is 8.99. The number of nitrogens with one attached hydrogen (secondary N) is 2. The molecule has 1 saturated heterocycles. The molecule has 0 bridgehead atoms. The van der Waals surface area contributed by atoms with Crippen LogP contribution in [0.25, 0.3) is 11.2 Å². The van der Waals surface area contributed by atoms with Crippen LogP contribution >= 0.6 is 22.4 Å². The number of fused-ring (bicyclic) bond motifs is 1. The maximum atomic E-state index is 13.4. The summed E-state index contributed by atoms with van der Waals surface area (Å²) in [5.74, 6) is 0.0157. The van der Waals surface area contributed by atoms with Crippen LogP contribution in [0.15, 0.2) is 90.0 Å². The summed E-state index contributed by atoms with van der Waals surface area (Å²) in [7, 11) is -9.29. The van der Waals surface area contributed by atoms with Gasteiger partial charge in [0.15, 0.2) is 11.2 Å². The Morgan fingerprint density at radius 1 is 0.949 bits per heavy atom. The van der Waals surface area contributed by atoms with E-state index in [4.69, 9.17) is 35.3 Å². The van der Waals surface area contributed by atoms with E-state index < -0.39 is 70.4 Å². The SMILES string of the molecule is COc1ccc(C(OC[C@H]2O[C@@H](n3cnc4c(=O)[nH]c(NC(=O)C(C)C)nc43)C[C@@H]2OP([O-])(=S)OP(=O)([O-])OP(=O)([O-])[O-])(c2ccccc2)c2ccc(OC)cc2)cc1. The first-order valence-corrected chi connectivity index (χ1v) is 23.0. The van der Waals surface area contributed by atoms with Crippen molar-refractivity contribution in [1.29, 1.82) is 0 Å². The molecule has 59 heavy (non-hydrogen) atoms. The number of imidazole rings is 1. The summed E-state index contributed by atoms with van der Waals surface area (Å²) < 4.78 is 62.1. The van der Waals surface area contributed by atoms with Crippen molar-refractivity contribution >= 4 is 57.2 Å². The maximum Gasteiger partial charge on any atom is 0.280 e. The molecule has 316 valence electrons. The van der Waals surface area contributed by atoms with Gasteiger partial charge in [-0.3, -0.25) is 37.6 Å². The van der Waals surface area contributed by atoms with Gasteiger partial charge in [0, 0.05) is 12.3 Å². The zero-order valence-electron chi connectivity index (χ0n) is 31.5. The summed E-state index contributed by atoms with van der Waals surface area (Å²) in [6.45, 7) is -2.40. The zero-order valence-corrected chi connectivity index (χ0v) is 35.0. The number of hydrogen-bond donors (Lipinski definition) is 2. The number of carbonyl (C=O) groups is 1. The van der Waals surface area contributed by atoms with E-state index in [0.29, 0.717) is 28.2 Å². The number of hydrogen-bond acceptors (Lipinski definition) is 18. The number of ether oxygens (including phenoxy) is 4. The molecule has 1 aliphatic heterocycles. The molecule has 1 fully saturated rings. The highest BCUT2D eigenvalue weighted by Crippen LogP contribution is 2.61. The van der Waals surface area contributed by atoms with Gasteiger partial charge in [0.25, 0.3) is 13.4 Å². The third-order valence-corrected chi connectivity index (χ3v) is 13.6. The molecular weight excluding hydrogens is 855 g/mol. The number of nitrogens with zero attached hydrogens (tertiary/aromatic N) is 3. The minimum atomic E-state index is -6.19. The van der Waals surface area contributed by atoms with Gasteiger partial charge in [0.1, 0.15) is 36.2 Å². The number of aromatic amines is 1. The number of amides is 1. The number of rotatable bonds is 17. The van der Waals surface area contributed by atoms with Crippen molar-refractivity contribution in [3.05, 3.63) is 112 Å². The Kier molecular flexibility index (Phi) is 13.4. The molecule has 0 aliphatic carbocycles. The van der Waals surface area contributed by atoms with E-state index in [9.17, 15) is 38.3 Å². The van der Waals surface area contributed by atoms with Crippen LogP contribution in [0.4, 0.5) is 5.95 Å². The number of benzene rings is 3. The third kappa shape index (κ3) is 10.4. The van der Waals surface area contributed by atoms with Crippen LogP contribution in [0.5, 0.6) is 11.5 Å². The number of carbonyl (C=O) groups excluding carboxylic acids is 1. The van der Waals surface area contributed by atoms with Gasteiger partial charge >= 0.3 is 0 Å². The molecule has 6 rings (SSSR count). The van der Waals surface area contributed by atoms with Crippen LogP contribution in [-0.2, 0) is 54.0 Å². The fraction of sp³-hybridized carbons (Fsp3) is 0.314. The van der Waals surface area contributed by atoms with Crippen LogP contribution < -0.4 is 39.9 Å². The Morgan fingerprint density at radius 2 is 1.53 bits per heavy atom. The van der Waals surface area contributed by atoms with Crippen LogP contribution in [0.3, 0.4) is 0 Å². The molecule has 0 radical (unpaired) electrons. The van der Waals surface area contributed by atoms with Crippen molar-refractivity contribution in [2.24, 2.45) is 5.92 Å². The summed E-state index contributed by atoms with van der Waals surface area (Å²) in [6, 6.07) is 23.2. The molecule has 1 amide bonds. The lowest BCUT2D eigenvalue weighted by molar-refractivity contribution is -0.339. The van der Waals surface area contributed by atoms with Crippen molar-refractivity contribution in [1.82, 2.24) is 19.5 Å². The molecule has 5 atom stereocenters. The Bertz CT molecular complexity index is 2430. The van der Waals surface area contributed by atoms with Gasteiger partial charge in [-0.15, -0.1) is 0 Å².